The lowest BCUT2D eigenvalue weighted by atomic mass is 9.79. The summed E-state index contributed by atoms with van der Waals surface area (Å²) in [4.78, 5) is 83.7. The van der Waals surface area contributed by atoms with Gasteiger partial charge < -0.3 is 0 Å². The second kappa shape index (κ2) is 16.4. The fourth-order valence-corrected chi connectivity index (χ4v) is 7.61. The van der Waals surface area contributed by atoms with Crippen LogP contribution in [0, 0.1) is 0 Å². The minimum Gasteiger partial charge on any atom is -0.298 e. The van der Waals surface area contributed by atoms with Gasteiger partial charge in [-0.25, -0.2) is 0 Å². The van der Waals surface area contributed by atoms with Crippen molar-refractivity contribution >= 4 is 47.0 Å². The summed E-state index contributed by atoms with van der Waals surface area (Å²) >= 11 is 0. The van der Waals surface area contributed by atoms with Crippen molar-refractivity contribution in [1.82, 2.24) is 9.80 Å². The van der Waals surface area contributed by atoms with Crippen molar-refractivity contribution in [3.05, 3.63) is 94.0 Å². The average molecular weight is 699 g/mol. The maximum atomic E-state index is 14.6. The van der Waals surface area contributed by atoms with E-state index in [1.807, 2.05) is 0 Å². The smallest absolute Gasteiger partial charge is 0.262 e. The molecule has 4 aromatic rings. The fourth-order valence-electron chi connectivity index (χ4n) is 7.61. The summed E-state index contributed by atoms with van der Waals surface area (Å²) in [5.41, 5.74) is 4.17. The Labute approximate surface area is 305 Å². The van der Waals surface area contributed by atoms with Crippen molar-refractivity contribution < 1.29 is 28.8 Å². The Morgan fingerprint density at radius 2 is 0.788 bits per heavy atom. The lowest BCUT2D eigenvalue weighted by Crippen LogP contribution is -2.44. The van der Waals surface area contributed by atoms with Gasteiger partial charge in [-0.15, -0.1) is 0 Å². The largest absolute Gasteiger partial charge is 0.298 e. The van der Waals surface area contributed by atoms with Gasteiger partial charge in [0, 0.05) is 46.1 Å². The standard InChI is InChI=1S/C44H46N2O6/c1-3-5-7-9-11-13-23-45-41(49)35-25-34(32-21-17-30(28-48)18-22-32)40-38-36(42(50)46(44(40)52)24-14-12-10-8-6-4-2)26-33(39(37(35)38)43(45)51)31-19-15-29(27-47)16-20-31/h15-22,25-28H,3-14,23-24H2,1-2H3. The van der Waals surface area contributed by atoms with E-state index in [1.165, 1.54) is 9.80 Å². The number of unbranched alkanes of at least 4 members (excludes halogenated alkanes) is 10. The Bertz CT molecular complexity index is 1880. The van der Waals surface area contributed by atoms with Crippen molar-refractivity contribution in [2.24, 2.45) is 0 Å². The topological polar surface area (TPSA) is 109 Å². The SMILES string of the molecule is CCCCCCCCN1C(=O)c2cc(-c3ccc(C=O)cc3)c3c4c(cc(-c5ccc(C=O)cc5)c(c24)C1=O)C(=O)N(CCCCCCCC)C3=O. The molecule has 0 aliphatic carbocycles. The summed E-state index contributed by atoms with van der Waals surface area (Å²) < 4.78 is 0. The molecule has 0 bridgehead atoms. The third-order valence-corrected chi connectivity index (χ3v) is 10.5. The van der Waals surface area contributed by atoms with Crippen LogP contribution in [0.1, 0.15) is 153 Å². The van der Waals surface area contributed by atoms with E-state index in [0.29, 0.717) is 57.0 Å². The Kier molecular flexibility index (Phi) is 11.5. The maximum absolute atomic E-state index is 14.6. The Balaban J connectivity index is 1.55. The molecule has 2 heterocycles. The quantitative estimate of drug-likeness (QED) is 0.0582. The molecule has 0 saturated carbocycles. The van der Waals surface area contributed by atoms with E-state index in [9.17, 15) is 28.8 Å². The van der Waals surface area contributed by atoms with Crippen molar-refractivity contribution in [2.45, 2.75) is 90.9 Å². The van der Waals surface area contributed by atoms with Crippen LogP contribution in [0.5, 0.6) is 0 Å². The van der Waals surface area contributed by atoms with E-state index >= 15 is 0 Å². The number of imide groups is 2. The zero-order valence-electron chi connectivity index (χ0n) is 30.2. The van der Waals surface area contributed by atoms with Crippen LogP contribution in [0.15, 0.2) is 60.7 Å². The number of amides is 4. The molecule has 0 N–H and O–H groups in total. The summed E-state index contributed by atoms with van der Waals surface area (Å²) in [7, 11) is 0. The van der Waals surface area contributed by atoms with Crippen LogP contribution in [-0.4, -0.2) is 59.1 Å². The van der Waals surface area contributed by atoms with Gasteiger partial charge in [0.1, 0.15) is 12.6 Å². The van der Waals surface area contributed by atoms with Gasteiger partial charge >= 0.3 is 0 Å². The Hall–Kier alpha value is -5.24. The summed E-state index contributed by atoms with van der Waals surface area (Å²) in [6.45, 7) is 4.79. The van der Waals surface area contributed by atoms with Crippen LogP contribution in [0.25, 0.3) is 33.0 Å². The van der Waals surface area contributed by atoms with Crippen molar-refractivity contribution in [3.8, 4) is 22.3 Å². The Morgan fingerprint density at radius 3 is 1.13 bits per heavy atom. The predicted molar refractivity (Wildman–Crippen MR) is 203 cm³/mol. The van der Waals surface area contributed by atoms with Crippen molar-refractivity contribution in [1.29, 1.82) is 0 Å². The summed E-state index contributed by atoms with van der Waals surface area (Å²) in [5.74, 6) is -1.85. The van der Waals surface area contributed by atoms with E-state index < -0.39 is 23.6 Å². The molecule has 8 nitrogen and oxygen atoms in total. The van der Waals surface area contributed by atoms with Gasteiger partial charge in [-0.2, -0.15) is 0 Å². The fraction of sp³-hybridized carbons (Fsp3) is 0.364. The second-order valence-corrected chi connectivity index (χ2v) is 14.0. The normalized spacial score (nSPS) is 13.7. The van der Waals surface area contributed by atoms with Gasteiger partial charge in [-0.1, -0.05) is 127 Å². The van der Waals surface area contributed by atoms with E-state index in [0.717, 1.165) is 76.8 Å². The molecule has 4 amide bonds. The van der Waals surface area contributed by atoms with Gasteiger partial charge in [0.2, 0.25) is 0 Å². The van der Waals surface area contributed by atoms with Gasteiger partial charge in [0.25, 0.3) is 23.6 Å². The first-order valence-corrected chi connectivity index (χ1v) is 18.9. The Morgan fingerprint density at radius 1 is 0.442 bits per heavy atom. The molecule has 0 saturated heterocycles. The number of benzene rings is 4. The number of carbonyl (C=O) groups is 6. The number of aldehydes is 2. The molecule has 2 aliphatic rings. The highest BCUT2D eigenvalue weighted by Gasteiger charge is 2.42. The minimum atomic E-state index is -0.462. The average Bonchev–Trinajstić information content (AvgIpc) is 3.17. The zero-order chi connectivity index (χ0) is 36.8. The third-order valence-electron chi connectivity index (χ3n) is 10.5. The lowest BCUT2D eigenvalue weighted by Gasteiger charge is -2.34. The summed E-state index contributed by atoms with van der Waals surface area (Å²) in [6, 6.07) is 17.0. The second-order valence-electron chi connectivity index (χ2n) is 14.0. The monoisotopic (exact) mass is 698 g/mol. The lowest BCUT2D eigenvalue weighted by molar-refractivity contribution is 0.0587. The molecule has 4 aromatic carbocycles. The van der Waals surface area contributed by atoms with E-state index in [4.69, 9.17) is 0 Å². The van der Waals surface area contributed by atoms with E-state index in [-0.39, 0.29) is 35.3 Å². The zero-order valence-corrected chi connectivity index (χ0v) is 30.2. The molecule has 0 radical (unpaired) electrons. The number of rotatable bonds is 18. The molecule has 0 fully saturated rings. The summed E-state index contributed by atoms with van der Waals surface area (Å²) in [6.07, 6.45) is 13.3. The number of hydrogen-bond donors (Lipinski definition) is 0. The first kappa shape index (κ1) is 36.5. The van der Waals surface area contributed by atoms with Crippen LogP contribution in [0.4, 0.5) is 0 Å². The van der Waals surface area contributed by atoms with Crippen molar-refractivity contribution in [3.63, 3.8) is 0 Å². The van der Waals surface area contributed by atoms with Crippen LogP contribution in [0.3, 0.4) is 0 Å². The van der Waals surface area contributed by atoms with Gasteiger partial charge in [-0.3, -0.25) is 38.6 Å². The van der Waals surface area contributed by atoms with Gasteiger partial charge in [-0.05, 0) is 47.2 Å². The van der Waals surface area contributed by atoms with E-state index in [2.05, 4.69) is 13.8 Å². The van der Waals surface area contributed by atoms with Crippen LogP contribution >= 0.6 is 0 Å². The summed E-state index contributed by atoms with van der Waals surface area (Å²) in [5, 5.41) is 0.621. The minimum absolute atomic E-state index is 0.241. The maximum Gasteiger partial charge on any atom is 0.262 e. The molecular weight excluding hydrogens is 652 g/mol. The predicted octanol–water partition coefficient (Wildman–Crippen LogP) is 9.71. The first-order chi connectivity index (χ1) is 25.3. The molecular formula is C44H46N2O6. The highest BCUT2D eigenvalue weighted by molar-refractivity contribution is 6.36. The molecule has 0 spiro atoms. The molecule has 52 heavy (non-hydrogen) atoms. The van der Waals surface area contributed by atoms with Crippen molar-refractivity contribution in [2.75, 3.05) is 13.1 Å². The molecule has 8 heteroatoms. The van der Waals surface area contributed by atoms with E-state index in [1.54, 1.807) is 60.7 Å². The van der Waals surface area contributed by atoms with Gasteiger partial charge in [0.05, 0.1) is 11.1 Å². The molecule has 6 rings (SSSR count). The number of nitrogens with zero attached hydrogens (tertiary/aromatic N) is 2. The van der Waals surface area contributed by atoms with Gasteiger partial charge in [0.15, 0.2) is 0 Å². The van der Waals surface area contributed by atoms with Crippen LogP contribution in [-0.2, 0) is 0 Å². The van der Waals surface area contributed by atoms with Crippen LogP contribution < -0.4 is 0 Å². The molecule has 2 aliphatic heterocycles. The first-order valence-electron chi connectivity index (χ1n) is 18.9. The molecule has 268 valence electrons. The molecule has 0 aromatic heterocycles. The highest BCUT2D eigenvalue weighted by Crippen LogP contribution is 2.46. The third kappa shape index (κ3) is 6.99. The molecule has 0 atom stereocenters. The highest BCUT2D eigenvalue weighted by atomic mass is 16.2. The molecule has 0 unspecified atom stereocenters. The number of hydrogen-bond acceptors (Lipinski definition) is 6. The van der Waals surface area contributed by atoms with Crippen LogP contribution in [0.2, 0.25) is 0 Å². The number of carbonyl (C=O) groups excluding carboxylic acids is 6.